The maximum atomic E-state index is 3.61. The summed E-state index contributed by atoms with van der Waals surface area (Å²) in [5.41, 5.74) is 1.67. The molecule has 1 fully saturated rings. The number of likely N-dealkylation sites (N-methyl/N-ethyl adjacent to an activating group) is 1. The van der Waals surface area contributed by atoms with E-state index < -0.39 is 0 Å². The van der Waals surface area contributed by atoms with Crippen LogP contribution in [0.4, 0.5) is 0 Å². The van der Waals surface area contributed by atoms with Crippen LogP contribution in [0.15, 0.2) is 11.4 Å². The first-order valence-corrected chi connectivity index (χ1v) is 7.51. The molecule has 88 valence electrons. The van der Waals surface area contributed by atoms with Gasteiger partial charge in [-0.2, -0.15) is 0 Å². The van der Waals surface area contributed by atoms with Crippen molar-refractivity contribution in [3.8, 4) is 0 Å². The van der Waals surface area contributed by atoms with Gasteiger partial charge in [-0.25, -0.2) is 0 Å². The summed E-state index contributed by atoms with van der Waals surface area (Å²) >= 11 is 1.97. The van der Waals surface area contributed by atoms with Crippen LogP contribution in [-0.2, 0) is 6.42 Å². The summed E-state index contributed by atoms with van der Waals surface area (Å²) in [6, 6.07) is 3.12. The van der Waals surface area contributed by atoms with Gasteiger partial charge in [-0.05, 0) is 62.1 Å². The van der Waals surface area contributed by atoms with Crippen LogP contribution < -0.4 is 5.32 Å². The molecule has 1 heterocycles. The summed E-state index contributed by atoms with van der Waals surface area (Å²) in [4.78, 5) is 1.66. The number of hydrogen-bond donors (Lipinski definition) is 1. The van der Waals surface area contributed by atoms with Crippen molar-refractivity contribution in [1.29, 1.82) is 0 Å². The lowest BCUT2D eigenvalue weighted by Gasteiger charge is -2.40. The molecule has 2 heteroatoms. The Kier molecular flexibility index (Phi) is 3.03. The lowest BCUT2D eigenvalue weighted by molar-refractivity contribution is 0.202. The molecular weight excluding hydrogens is 214 g/mol. The summed E-state index contributed by atoms with van der Waals surface area (Å²) in [5.74, 6) is 1.74. The molecule has 1 aromatic rings. The van der Waals surface area contributed by atoms with Gasteiger partial charge in [-0.3, -0.25) is 0 Å². The van der Waals surface area contributed by atoms with Crippen molar-refractivity contribution < 1.29 is 0 Å². The molecule has 2 atom stereocenters. The monoisotopic (exact) mass is 235 g/mol. The van der Waals surface area contributed by atoms with Crippen molar-refractivity contribution in [2.45, 2.75) is 50.5 Å². The lowest BCUT2D eigenvalue weighted by Crippen LogP contribution is -2.42. The van der Waals surface area contributed by atoms with E-state index in [1.54, 1.807) is 10.4 Å². The van der Waals surface area contributed by atoms with Crippen LogP contribution in [0.3, 0.4) is 0 Å². The van der Waals surface area contributed by atoms with Crippen molar-refractivity contribution in [2.24, 2.45) is 5.92 Å². The van der Waals surface area contributed by atoms with E-state index in [9.17, 15) is 0 Å². The van der Waals surface area contributed by atoms with E-state index >= 15 is 0 Å². The molecular formula is C14H21NS. The second-order valence-electron chi connectivity index (χ2n) is 5.30. The Morgan fingerprint density at radius 1 is 1.31 bits per heavy atom. The van der Waals surface area contributed by atoms with Gasteiger partial charge in [-0.1, -0.05) is 6.42 Å². The van der Waals surface area contributed by atoms with E-state index in [2.05, 4.69) is 23.8 Å². The zero-order valence-electron chi connectivity index (χ0n) is 10.0. The number of aryl methyl sites for hydroxylation is 1. The summed E-state index contributed by atoms with van der Waals surface area (Å²) in [7, 11) is 2.16. The second kappa shape index (κ2) is 4.50. The molecule has 2 aliphatic carbocycles. The Labute approximate surface area is 102 Å². The van der Waals surface area contributed by atoms with Crippen LogP contribution in [0.1, 0.15) is 48.5 Å². The number of thiophene rings is 1. The van der Waals surface area contributed by atoms with Crippen LogP contribution in [0.25, 0.3) is 0 Å². The molecule has 0 amide bonds. The second-order valence-corrected chi connectivity index (χ2v) is 6.30. The topological polar surface area (TPSA) is 12.0 Å². The first-order valence-electron chi connectivity index (χ1n) is 6.63. The first-order chi connectivity index (χ1) is 7.90. The van der Waals surface area contributed by atoms with E-state index in [1.165, 1.54) is 38.5 Å². The zero-order valence-corrected chi connectivity index (χ0v) is 10.9. The highest BCUT2D eigenvalue weighted by Gasteiger charge is 2.35. The third-order valence-corrected chi connectivity index (χ3v) is 5.52. The fraction of sp³-hybridized carbons (Fsp3) is 0.714. The minimum atomic E-state index is 0.738. The highest BCUT2D eigenvalue weighted by molar-refractivity contribution is 7.10. The van der Waals surface area contributed by atoms with Crippen molar-refractivity contribution in [3.63, 3.8) is 0 Å². The van der Waals surface area contributed by atoms with Crippen LogP contribution in [0.2, 0.25) is 0 Å². The van der Waals surface area contributed by atoms with Crippen LogP contribution in [0, 0.1) is 5.92 Å². The molecule has 0 bridgehead atoms. The highest BCUT2D eigenvalue weighted by atomic mass is 32.1. The molecule has 0 aliphatic heterocycles. The molecule has 3 rings (SSSR count). The van der Waals surface area contributed by atoms with Gasteiger partial charge in [0.25, 0.3) is 0 Å². The molecule has 0 spiro atoms. The van der Waals surface area contributed by atoms with Crippen LogP contribution >= 0.6 is 11.3 Å². The standard InChI is InChI=1S/C14H21NS/c1-15-14(10-4-2-5-10)12-6-3-7-13-11(12)8-9-16-13/h8-10,12,14-15H,2-7H2,1H3. The van der Waals surface area contributed by atoms with E-state index in [0.717, 1.165) is 17.9 Å². The lowest BCUT2D eigenvalue weighted by atomic mass is 9.70. The molecule has 0 saturated heterocycles. The fourth-order valence-electron chi connectivity index (χ4n) is 3.46. The molecule has 0 radical (unpaired) electrons. The Balaban J connectivity index is 1.84. The summed E-state index contributed by atoms with van der Waals surface area (Å²) in [5, 5.41) is 5.90. The van der Waals surface area contributed by atoms with Crippen LogP contribution in [0.5, 0.6) is 0 Å². The van der Waals surface area contributed by atoms with Gasteiger partial charge in [0, 0.05) is 16.8 Å². The molecule has 2 aliphatic rings. The highest BCUT2D eigenvalue weighted by Crippen LogP contribution is 2.42. The van der Waals surface area contributed by atoms with Gasteiger partial charge < -0.3 is 5.32 Å². The Morgan fingerprint density at radius 2 is 2.19 bits per heavy atom. The number of fused-ring (bicyclic) bond motifs is 1. The van der Waals surface area contributed by atoms with Gasteiger partial charge in [0.05, 0.1) is 0 Å². The number of hydrogen-bond acceptors (Lipinski definition) is 2. The maximum absolute atomic E-state index is 3.61. The molecule has 0 aromatic carbocycles. The fourth-order valence-corrected chi connectivity index (χ4v) is 4.46. The average molecular weight is 235 g/mol. The van der Waals surface area contributed by atoms with E-state index in [-0.39, 0.29) is 0 Å². The third-order valence-electron chi connectivity index (χ3n) is 4.52. The molecule has 1 aromatic heterocycles. The van der Waals surface area contributed by atoms with E-state index in [0.29, 0.717) is 0 Å². The van der Waals surface area contributed by atoms with Gasteiger partial charge in [0.2, 0.25) is 0 Å². The Hall–Kier alpha value is -0.340. The Bertz CT molecular complexity index is 353. The van der Waals surface area contributed by atoms with Crippen molar-refractivity contribution >= 4 is 11.3 Å². The van der Waals surface area contributed by atoms with Crippen molar-refractivity contribution in [3.05, 3.63) is 21.9 Å². The average Bonchev–Trinajstić information content (AvgIpc) is 2.70. The smallest absolute Gasteiger partial charge is 0.0161 e. The summed E-state index contributed by atoms with van der Waals surface area (Å²) in [6.07, 6.45) is 8.45. The Morgan fingerprint density at radius 3 is 2.88 bits per heavy atom. The predicted molar refractivity (Wildman–Crippen MR) is 70.2 cm³/mol. The molecule has 16 heavy (non-hydrogen) atoms. The normalized spacial score (nSPS) is 27.2. The largest absolute Gasteiger partial charge is 0.316 e. The first kappa shape index (κ1) is 10.8. The summed E-state index contributed by atoms with van der Waals surface area (Å²) < 4.78 is 0. The quantitative estimate of drug-likeness (QED) is 0.844. The van der Waals surface area contributed by atoms with E-state index in [4.69, 9.17) is 0 Å². The predicted octanol–water partition coefficient (Wildman–Crippen LogP) is 3.56. The van der Waals surface area contributed by atoms with Gasteiger partial charge in [0.15, 0.2) is 0 Å². The van der Waals surface area contributed by atoms with Crippen molar-refractivity contribution in [2.75, 3.05) is 7.05 Å². The van der Waals surface area contributed by atoms with Gasteiger partial charge >= 0.3 is 0 Å². The molecule has 1 saturated carbocycles. The van der Waals surface area contributed by atoms with Gasteiger partial charge in [-0.15, -0.1) is 11.3 Å². The van der Waals surface area contributed by atoms with Crippen LogP contribution in [-0.4, -0.2) is 13.1 Å². The minimum absolute atomic E-state index is 0.738. The zero-order chi connectivity index (χ0) is 11.0. The number of rotatable bonds is 3. The van der Waals surface area contributed by atoms with E-state index in [1.807, 2.05) is 11.3 Å². The third kappa shape index (κ3) is 1.72. The maximum Gasteiger partial charge on any atom is 0.0161 e. The molecule has 1 N–H and O–H groups in total. The SMILES string of the molecule is CNC(C1CCC1)C1CCCc2sccc21. The minimum Gasteiger partial charge on any atom is -0.316 e. The molecule has 1 nitrogen and oxygen atoms in total. The van der Waals surface area contributed by atoms with Gasteiger partial charge in [0.1, 0.15) is 0 Å². The van der Waals surface area contributed by atoms with Crippen molar-refractivity contribution in [1.82, 2.24) is 5.32 Å². The number of nitrogens with one attached hydrogen (secondary N) is 1. The molecule has 2 unspecified atom stereocenters. The summed E-state index contributed by atoms with van der Waals surface area (Å²) in [6.45, 7) is 0.